The molecule has 1 aromatic heterocycles. The number of hydrogen-bond acceptors (Lipinski definition) is 2. The number of nitrogens with one attached hydrogen (secondary N) is 1. The summed E-state index contributed by atoms with van der Waals surface area (Å²) in [4.78, 5) is 0. The summed E-state index contributed by atoms with van der Waals surface area (Å²) >= 11 is 0. The summed E-state index contributed by atoms with van der Waals surface area (Å²) in [7, 11) is 0. The molecule has 102 valence electrons. The van der Waals surface area contributed by atoms with Gasteiger partial charge < -0.3 is 5.32 Å². The molecule has 1 unspecified atom stereocenters. The highest BCUT2D eigenvalue weighted by molar-refractivity contribution is 5.02. The minimum Gasteiger partial charge on any atom is -0.314 e. The minimum absolute atomic E-state index is 0.590. The molecule has 1 aliphatic carbocycles. The first kappa shape index (κ1) is 13.6. The van der Waals surface area contributed by atoms with Gasteiger partial charge in [-0.15, -0.1) is 0 Å². The molecule has 0 spiro atoms. The molecule has 1 aliphatic rings. The van der Waals surface area contributed by atoms with E-state index in [1.54, 1.807) is 0 Å². The average molecular weight is 249 g/mol. The smallest absolute Gasteiger partial charge is 0.0640 e. The van der Waals surface area contributed by atoms with E-state index in [0.717, 1.165) is 13.0 Å². The Morgan fingerprint density at radius 2 is 2.17 bits per heavy atom. The van der Waals surface area contributed by atoms with Gasteiger partial charge in [-0.3, -0.25) is 4.68 Å². The minimum atomic E-state index is 0.590. The van der Waals surface area contributed by atoms with Crippen molar-refractivity contribution in [3.05, 3.63) is 18.0 Å². The second kappa shape index (κ2) is 6.93. The summed E-state index contributed by atoms with van der Waals surface area (Å²) < 4.78 is 2.21. The van der Waals surface area contributed by atoms with Gasteiger partial charge in [0.15, 0.2) is 0 Å². The standard InChI is InChI=1S/C15H27N3/c1-3-7-13(16-4-2)12-14-10-11-18(17-14)15-8-5-6-9-15/h10-11,13,15-16H,3-9,12H2,1-2H3. The van der Waals surface area contributed by atoms with Gasteiger partial charge in [-0.1, -0.05) is 33.1 Å². The Balaban J connectivity index is 1.91. The molecule has 0 amide bonds. The van der Waals surface area contributed by atoms with Crippen molar-refractivity contribution in [3.63, 3.8) is 0 Å². The van der Waals surface area contributed by atoms with Gasteiger partial charge in [-0.05, 0) is 31.9 Å². The van der Waals surface area contributed by atoms with E-state index in [1.165, 1.54) is 44.2 Å². The fraction of sp³-hybridized carbons (Fsp3) is 0.800. The fourth-order valence-corrected chi connectivity index (χ4v) is 3.02. The molecule has 0 radical (unpaired) electrons. The van der Waals surface area contributed by atoms with Crippen molar-refractivity contribution in [1.29, 1.82) is 0 Å². The first-order chi connectivity index (χ1) is 8.83. The second-order valence-electron chi connectivity index (χ2n) is 5.47. The average Bonchev–Trinajstić information content (AvgIpc) is 2.98. The third-order valence-electron chi connectivity index (χ3n) is 3.95. The Bertz CT molecular complexity index is 333. The molecule has 3 nitrogen and oxygen atoms in total. The van der Waals surface area contributed by atoms with Crippen LogP contribution in [0.3, 0.4) is 0 Å². The van der Waals surface area contributed by atoms with Crippen LogP contribution in [0.25, 0.3) is 0 Å². The largest absolute Gasteiger partial charge is 0.314 e. The van der Waals surface area contributed by atoms with Crippen molar-refractivity contribution >= 4 is 0 Å². The number of nitrogens with zero attached hydrogens (tertiary/aromatic N) is 2. The van der Waals surface area contributed by atoms with Crippen LogP contribution in [0.15, 0.2) is 12.3 Å². The van der Waals surface area contributed by atoms with Crippen LogP contribution in [-0.2, 0) is 6.42 Å². The molecular formula is C15H27N3. The van der Waals surface area contributed by atoms with Crippen LogP contribution in [-0.4, -0.2) is 22.4 Å². The zero-order chi connectivity index (χ0) is 12.8. The number of hydrogen-bond donors (Lipinski definition) is 1. The van der Waals surface area contributed by atoms with Gasteiger partial charge in [0.25, 0.3) is 0 Å². The van der Waals surface area contributed by atoms with Gasteiger partial charge in [0, 0.05) is 18.7 Å². The third kappa shape index (κ3) is 3.58. The molecule has 0 aromatic carbocycles. The molecule has 1 aromatic rings. The van der Waals surface area contributed by atoms with Gasteiger partial charge in [-0.25, -0.2) is 0 Å². The molecule has 1 atom stereocenters. The van der Waals surface area contributed by atoms with Crippen LogP contribution >= 0.6 is 0 Å². The predicted octanol–water partition coefficient (Wildman–Crippen LogP) is 3.32. The van der Waals surface area contributed by atoms with E-state index < -0.39 is 0 Å². The monoisotopic (exact) mass is 249 g/mol. The highest BCUT2D eigenvalue weighted by Gasteiger charge is 2.18. The maximum atomic E-state index is 4.77. The molecule has 18 heavy (non-hydrogen) atoms. The summed E-state index contributed by atoms with van der Waals surface area (Å²) in [5, 5.41) is 8.33. The molecule has 1 saturated carbocycles. The molecule has 2 rings (SSSR count). The highest BCUT2D eigenvalue weighted by Crippen LogP contribution is 2.28. The molecular weight excluding hydrogens is 222 g/mol. The first-order valence-corrected chi connectivity index (χ1v) is 7.61. The van der Waals surface area contributed by atoms with Crippen LogP contribution in [0.2, 0.25) is 0 Å². The van der Waals surface area contributed by atoms with Crippen molar-refractivity contribution in [2.24, 2.45) is 0 Å². The summed E-state index contributed by atoms with van der Waals surface area (Å²) in [6.07, 6.45) is 11.1. The highest BCUT2D eigenvalue weighted by atomic mass is 15.3. The molecule has 0 saturated heterocycles. The van der Waals surface area contributed by atoms with Gasteiger partial charge in [0.2, 0.25) is 0 Å². The summed E-state index contributed by atoms with van der Waals surface area (Å²) in [6, 6.07) is 3.47. The predicted molar refractivity (Wildman–Crippen MR) is 75.8 cm³/mol. The third-order valence-corrected chi connectivity index (χ3v) is 3.95. The maximum Gasteiger partial charge on any atom is 0.0640 e. The van der Waals surface area contributed by atoms with Crippen molar-refractivity contribution < 1.29 is 0 Å². The van der Waals surface area contributed by atoms with Crippen molar-refractivity contribution in [3.8, 4) is 0 Å². The topological polar surface area (TPSA) is 29.9 Å². The van der Waals surface area contributed by atoms with Gasteiger partial charge >= 0.3 is 0 Å². The molecule has 0 bridgehead atoms. The summed E-state index contributed by atoms with van der Waals surface area (Å²) in [5.41, 5.74) is 1.25. The SMILES string of the molecule is CCCC(Cc1ccn(C2CCCC2)n1)NCC. The van der Waals surface area contributed by atoms with Gasteiger partial charge in [0.1, 0.15) is 0 Å². The lowest BCUT2D eigenvalue weighted by atomic mass is 10.1. The van der Waals surface area contributed by atoms with Crippen LogP contribution in [0.1, 0.15) is 64.1 Å². The summed E-state index contributed by atoms with van der Waals surface area (Å²) in [5.74, 6) is 0. The molecule has 1 fully saturated rings. The zero-order valence-corrected chi connectivity index (χ0v) is 11.9. The van der Waals surface area contributed by atoms with Crippen LogP contribution < -0.4 is 5.32 Å². The second-order valence-corrected chi connectivity index (χ2v) is 5.47. The van der Waals surface area contributed by atoms with E-state index in [1.807, 2.05) is 0 Å². The van der Waals surface area contributed by atoms with Crippen molar-refractivity contribution in [2.45, 2.75) is 70.9 Å². The molecule has 3 heteroatoms. The Morgan fingerprint density at radius 1 is 1.39 bits per heavy atom. The van der Waals surface area contributed by atoms with Crippen molar-refractivity contribution in [2.75, 3.05) is 6.54 Å². The quantitative estimate of drug-likeness (QED) is 0.803. The van der Waals surface area contributed by atoms with Crippen LogP contribution in [0, 0.1) is 0 Å². The lowest BCUT2D eigenvalue weighted by Gasteiger charge is -2.15. The Hall–Kier alpha value is -0.830. The van der Waals surface area contributed by atoms with E-state index in [2.05, 4.69) is 36.1 Å². The van der Waals surface area contributed by atoms with Crippen LogP contribution in [0.4, 0.5) is 0 Å². The number of likely N-dealkylation sites (N-methyl/N-ethyl adjacent to an activating group) is 1. The molecule has 1 N–H and O–H groups in total. The molecule has 1 heterocycles. The molecule has 0 aliphatic heterocycles. The van der Waals surface area contributed by atoms with E-state index in [9.17, 15) is 0 Å². The van der Waals surface area contributed by atoms with Crippen molar-refractivity contribution in [1.82, 2.24) is 15.1 Å². The Kier molecular flexibility index (Phi) is 5.24. The van der Waals surface area contributed by atoms with E-state index in [0.29, 0.717) is 12.1 Å². The Labute approximate surface area is 111 Å². The normalized spacial score (nSPS) is 18.3. The summed E-state index contributed by atoms with van der Waals surface area (Å²) in [6.45, 7) is 5.48. The lowest BCUT2D eigenvalue weighted by Crippen LogP contribution is -2.31. The van der Waals surface area contributed by atoms with Gasteiger partial charge in [-0.2, -0.15) is 5.10 Å². The number of rotatable bonds is 7. The first-order valence-electron chi connectivity index (χ1n) is 7.61. The lowest BCUT2D eigenvalue weighted by molar-refractivity contribution is 0.448. The maximum absolute atomic E-state index is 4.77. The van der Waals surface area contributed by atoms with E-state index >= 15 is 0 Å². The Morgan fingerprint density at radius 3 is 2.83 bits per heavy atom. The van der Waals surface area contributed by atoms with Gasteiger partial charge in [0.05, 0.1) is 11.7 Å². The van der Waals surface area contributed by atoms with E-state index in [-0.39, 0.29) is 0 Å². The van der Waals surface area contributed by atoms with E-state index in [4.69, 9.17) is 5.10 Å². The number of aromatic nitrogens is 2. The fourth-order valence-electron chi connectivity index (χ4n) is 3.02. The van der Waals surface area contributed by atoms with Crippen LogP contribution in [0.5, 0.6) is 0 Å². The zero-order valence-electron chi connectivity index (χ0n) is 11.9.